The van der Waals surface area contributed by atoms with Gasteiger partial charge in [0.05, 0.1) is 12.0 Å². The van der Waals surface area contributed by atoms with Gasteiger partial charge < -0.3 is 19.5 Å². The number of alkyl carbamates (subject to hydrolysis) is 1. The molecule has 26 heavy (non-hydrogen) atoms. The number of carbonyl (C=O) groups is 4. The van der Waals surface area contributed by atoms with Gasteiger partial charge in [-0.1, -0.05) is 0 Å². The normalized spacial score (nSPS) is 12.8. The van der Waals surface area contributed by atoms with Crippen molar-refractivity contribution in [2.75, 3.05) is 6.61 Å². The molecular weight excluding hydrogens is 344 g/mol. The molecule has 0 rings (SSSR count). The summed E-state index contributed by atoms with van der Waals surface area (Å²) in [6.45, 7) is 11.2. The SMILES string of the molecule is C=[N+]=CC(=O)CC[C@H](NC(=O)OC(C)OC(=O)C(C)(C)C)C(=O)OCC. The lowest BCUT2D eigenvalue weighted by Gasteiger charge is -2.22. The minimum absolute atomic E-state index is 0.00501. The van der Waals surface area contributed by atoms with Gasteiger partial charge in [-0.05, 0) is 34.1 Å². The van der Waals surface area contributed by atoms with Crippen LogP contribution in [0, 0.1) is 5.41 Å². The Kier molecular flexibility index (Phi) is 9.91. The standard InChI is InChI=1S/C17H26N2O7/c1-7-24-14(21)13(9-8-12(20)10-18-6)19-16(23)26-11(2)25-15(22)17(3,4)5/h10-11,13H,6-9H2,1-5H3/p+1/t11?,13-/m0/s1. The number of ether oxygens (including phenoxy) is 3. The van der Waals surface area contributed by atoms with Crippen LogP contribution in [0.15, 0.2) is 0 Å². The van der Waals surface area contributed by atoms with Crippen LogP contribution >= 0.6 is 0 Å². The maximum absolute atomic E-state index is 11.9. The quantitative estimate of drug-likeness (QED) is 0.275. The van der Waals surface area contributed by atoms with E-state index in [9.17, 15) is 19.2 Å². The average molecular weight is 371 g/mol. The van der Waals surface area contributed by atoms with Crippen LogP contribution in [-0.4, -0.2) is 55.7 Å². The number of Topliss-reactive ketones (excluding diaryl/α,β-unsaturated/α-hetero) is 1. The van der Waals surface area contributed by atoms with Crippen molar-refractivity contribution in [2.24, 2.45) is 5.41 Å². The number of ketones is 1. The molecule has 0 aromatic heterocycles. The van der Waals surface area contributed by atoms with E-state index in [1.165, 1.54) is 6.92 Å². The van der Waals surface area contributed by atoms with Crippen LogP contribution in [0.2, 0.25) is 0 Å². The first kappa shape index (κ1) is 23.3. The van der Waals surface area contributed by atoms with E-state index in [-0.39, 0.29) is 25.2 Å². The second kappa shape index (κ2) is 11.0. The maximum atomic E-state index is 11.9. The fourth-order valence-corrected chi connectivity index (χ4v) is 1.62. The predicted octanol–water partition coefficient (Wildman–Crippen LogP) is 0.768. The zero-order valence-corrected chi connectivity index (χ0v) is 15.9. The number of esters is 2. The van der Waals surface area contributed by atoms with Gasteiger partial charge in [0, 0.05) is 13.3 Å². The van der Waals surface area contributed by atoms with Gasteiger partial charge in [-0.2, -0.15) is 0 Å². The van der Waals surface area contributed by atoms with Crippen LogP contribution in [0.5, 0.6) is 0 Å². The molecule has 0 aliphatic heterocycles. The van der Waals surface area contributed by atoms with Crippen molar-refractivity contribution >= 4 is 36.7 Å². The smallest absolute Gasteiger partial charge is 0.410 e. The molecule has 0 spiro atoms. The number of carbonyl (C=O) groups excluding carboxylic acids is 4. The summed E-state index contributed by atoms with van der Waals surface area (Å²) in [6.07, 6.45) is -1.15. The summed E-state index contributed by atoms with van der Waals surface area (Å²) in [7, 11) is 0. The second-order valence-corrected chi connectivity index (χ2v) is 6.39. The monoisotopic (exact) mass is 371 g/mol. The number of amides is 1. The molecule has 9 heteroatoms. The highest BCUT2D eigenvalue weighted by atomic mass is 16.7. The van der Waals surface area contributed by atoms with Gasteiger partial charge in [0.1, 0.15) is 6.04 Å². The Labute approximate surface area is 152 Å². The fourth-order valence-electron chi connectivity index (χ4n) is 1.62. The number of nitrogens with one attached hydrogen (secondary N) is 1. The topological polar surface area (TPSA) is 122 Å². The predicted molar refractivity (Wildman–Crippen MR) is 94.6 cm³/mol. The molecule has 0 heterocycles. The number of hydrogen-bond donors (Lipinski definition) is 1. The van der Waals surface area contributed by atoms with Gasteiger partial charge in [-0.3, -0.25) is 9.59 Å². The third kappa shape index (κ3) is 9.58. The van der Waals surface area contributed by atoms with Crippen LogP contribution in [0.4, 0.5) is 4.79 Å². The maximum Gasteiger partial charge on any atom is 0.410 e. The van der Waals surface area contributed by atoms with E-state index in [4.69, 9.17) is 14.2 Å². The molecule has 1 amide bonds. The summed E-state index contributed by atoms with van der Waals surface area (Å²) >= 11 is 0. The van der Waals surface area contributed by atoms with Crippen LogP contribution in [0.3, 0.4) is 0 Å². The largest absolute Gasteiger partial charge is 0.464 e. The minimum atomic E-state index is -1.15. The summed E-state index contributed by atoms with van der Waals surface area (Å²) in [5.41, 5.74) is -0.752. The highest BCUT2D eigenvalue weighted by molar-refractivity contribution is 6.27. The van der Waals surface area contributed by atoms with E-state index in [1.807, 2.05) is 0 Å². The zero-order chi connectivity index (χ0) is 20.3. The molecule has 0 aromatic rings. The van der Waals surface area contributed by atoms with Gasteiger partial charge in [0.15, 0.2) is 0 Å². The first-order valence-electron chi connectivity index (χ1n) is 8.18. The highest BCUT2D eigenvalue weighted by Crippen LogP contribution is 2.16. The van der Waals surface area contributed by atoms with Crippen molar-refractivity contribution in [2.45, 2.75) is 59.8 Å². The Hall–Kier alpha value is -2.67. The molecule has 0 aliphatic carbocycles. The molecule has 0 fully saturated rings. The third-order valence-corrected chi connectivity index (χ3v) is 2.94. The first-order chi connectivity index (χ1) is 12.0. The minimum Gasteiger partial charge on any atom is -0.464 e. The first-order valence-corrected chi connectivity index (χ1v) is 8.18. The Morgan fingerprint density at radius 3 is 2.31 bits per heavy atom. The molecule has 1 unspecified atom stereocenters. The third-order valence-electron chi connectivity index (χ3n) is 2.94. The second-order valence-electron chi connectivity index (χ2n) is 6.39. The molecular formula is C17H27N2O7+. The van der Waals surface area contributed by atoms with Gasteiger partial charge in [-0.15, -0.1) is 4.67 Å². The molecule has 9 nitrogen and oxygen atoms in total. The Morgan fingerprint density at radius 1 is 1.19 bits per heavy atom. The number of rotatable bonds is 9. The lowest BCUT2D eigenvalue weighted by Crippen LogP contribution is -2.44. The summed E-state index contributed by atoms with van der Waals surface area (Å²) in [5.74, 6) is -1.60. The Morgan fingerprint density at radius 2 is 1.81 bits per heavy atom. The molecule has 0 bridgehead atoms. The van der Waals surface area contributed by atoms with Gasteiger partial charge in [0.2, 0.25) is 12.1 Å². The Balaban J connectivity index is 4.74. The lowest BCUT2D eigenvalue weighted by molar-refractivity contribution is -0.174. The van der Waals surface area contributed by atoms with Gasteiger partial charge in [-0.25, -0.2) is 9.59 Å². The van der Waals surface area contributed by atoms with Crippen molar-refractivity contribution in [3.63, 3.8) is 0 Å². The van der Waals surface area contributed by atoms with Crippen LogP contribution in [0.25, 0.3) is 0 Å². The van der Waals surface area contributed by atoms with E-state index < -0.39 is 35.8 Å². The molecule has 0 aromatic carbocycles. The van der Waals surface area contributed by atoms with Crippen LogP contribution in [-0.2, 0) is 28.6 Å². The van der Waals surface area contributed by atoms with E-state index in [0.717, 1.165) is 6.21 Å². The van der Waals surface area contributed by atoms with Crippen molar-refractivity contribution in [1.29, 1.82) is 0 Å². The molecule has 0 saturated carbocycles. The van der Waals surface area contributed by atoms with E-state index >= 15 is 0 Å². The number of nitrogens with zero attached hydrogens (tertiary/aromatic N) is 1. The summed E-state index contributed by atoms with van der Waals surface area (Å²) < 4.78 is 18.1. The molecule has 146 valence electrons. The van der Waals surface area contributed by atoms with E-state index in [1.54, 1.807) is 27.7 Å². The fraction of sp³-hybridized carbons (Fsp3) is 0.647. The zero-order valence-electron chi connectivity index (χ0n) is 15.9. The molecule has 0 radical (unpaired) electrons. The molecule has 0 aliphatic rings. The van der Waals surface area contributed by atoms with Gasteiger partial charge in [0.25, 0.3) is 6.72 Å². The summed E-state index contributed by atoms with van der Waals surface area (Å²) in [6, 6.07) is -1.09. The lowest BCUT2D eigenvalue weighted by atomic mass is 9.97. The number of hydrogen-bond acceptors (Lipinski definition) is 7. The van der Waals surface area contributed by atoms with Gasteiger partial charge >= 0.3 is 24.2 Å². The Bertz CT molecular complexity index is 574. The van der Waals surface area contributed by atoms with Crippen molar-refractivity contribution < 1.29 is 33.4 Å². The van der Waals surface area contributed by atoms with Crippen LogP contribution in [0.1, 0.15) is 47.5 Å². The summed E-state index contributed by atoms with van der Waals surface area (Å²) in [5, 5.41) is 2.30. The van der Waals surface area contributed by atoms with E-state index in [0.29, 0.717) is 0 Å². The van der Waals surface area contributed by atoms with Crippen molar-refractivity contribution in [1.82, 2.24) is 9.98 Å². The highest BCUT2D eigenvalue weighted by Gasteiger charge is 2.28. The molecule has 1 N–H and O–H groups in total. The van der Waals surface area contributed by atoms with Crippen LogP contribution < -0.4 is 9.98 Å². The molecule has 0 saturated heterocycles. The van der Waals surface area contributed by atoms with Crippen molar-refractivity contribution in [3.8, 4) is 0 Å². The van der Waals surface area contributed by atoms with E-state index in [2.05, 4.69) is 16.7 Å². The summed E-state index contributed by atoms with van der Waals surface area (Å²) in [4.78, 5) is 47.0. The average Bonchev–Trinajstić information content (AvgIpc) is 2.50. The van der Waals surface area contributed by atoms with Crippen molar-refractivity contribution in [3.05, 3.63) is 0 Å². The molecule has 2 atom stereocenters.